The average Bonchev–Trinajstić information content (AvgIpc) is 2.64. The maximum atomic E-state index is 13.4. The molecule has 3 aromatic rings. The second-order valence-electron chi connectivity index (χ2n) is 5.36. The van der Waals surface area contributed by atoms with Crippen LogP contribution in [0.1, 0.15) is 0 Å². The Balaban J connectivity index is 2.13. The number of benzene rings is 2. The van der Waals surface area contributed by atoms with Crippen molar-refractivity contribution in [1.82, 2.24) is 9.97 Å². The van der Waals surface area contributed by atoms with E-state index in [1.54, 1.807) is 12.1 Å². The number of nitrogens with one attached hydrogen (secondary N) is 2. The molecule has 3 rings (SSSR count). The smallest absolute Gasteiger partial charge is 0.247 e. The van der Waals surface area contributed by atoms with Crippen LogP contribution in [0.5, 0.6) is 5.75 Å². The van der Waals surface area contributed by atoms with Crippen LogP contribution in [0.15, 0.2) is 43.0 Å². The summed E-state index contributed by atoms with van der Waals surface area (Å²) in [6, 6.07) is 7.41. The minimum Gasteiger partial charge on any atom is -0.494 e. The van der Waals surface area contributed by atoms with Crippen LogP contribution in [-0.4, -0.2) is 23.0 Å². The average molecular weight is 407 g/mol. The first kappa shape index (κ1) is 18.9. The van der Waals surface area contributed by atoms with Gasteiger partial charge in [-0.2, -0.15) is 4.98 Å². The highest BCUT2D eigenvalue weighted by Crippen LogP contribution is 2.34. The van der Waals surface area contributed by atoms with Crippen LogP contribution < -0.4 is 15.4 Å². The Morgan fingerprint density at radius 1 is 1.26 bits per heavy atom. The zero-order valence-corrected chi connectivity index (χ0v) is 15.5. The molecule has 0 radical (unpaired) electrons. The van der Waals surface area contributed by atoms with Gasteiger partial charge in [0.15, 0.2) is 0 Å². The van der Waals surface area contributed by atoms with Crippen LogP contribution >= 0.6 is 23.2 Å². The Labute approximate surface area is 164 Å². The van der Waals surface area contributed by atoms with Crippen molar-refractivity contribution < 1.29 is 13.9 Å². The summed E-state index contributed by atoms with van der Waals surface area (Å²) < 4.78 is 18.7. The number of hydrogen-bond donors (Lipinski definition) is 2. The molecule has 0 atom stereocenters. The molecule has 0 aliphatic carbocycles. The maximum Gasteiger partial charge on any atom is 0.247 e. The second kappa shape index (κ2) is 7.77. The largest absolute Gasteiger partial charge is 0.494 e. The lowest BCUT2D eigenvalue weighted by Gasteiger charge is -2.14. The predicted molar refractivity (Wildman–Crippen MR) is 105 cm³/mol. The number of nitrogens with zero attached hydrogens (tertiary/aromatic N) is 2. The van der Waals surface area contributed by atoms with Gasteiger partial charge >= 0.3 is 0 Å². The van der Waals surface area contributed by atoms with Gasteiger partial charge in [-0.05, 0) is 41.9 Å². The van der Waals surface area contributed by atoms with E-state index in [1.807, 2.05) is 0 Å². The number of amides is 1. The van der Waals surface area contributed by atoms with E-state index in [1.165, 1.54) is 25.3 Å². The Morgan fingerprint density at radius 3 is 2.70 bits per heavy atom. The van der Waals surface area contributed by atoms with Crippen molar-refractivity contribution in [2.24, 2.45) is 0 Å². The fourth-order valence-corrected chi connectivity index (χ4v) is 2.74. The van der Waals surface area contributed by atoms with Crippen molar-refractivity contribution >= 4 is 57.2 Å². The van der Waals surface area contributed by atoms with E-state index < -0.39 is 11.7 Å². The van der Waals surface area contributed by atoms with Crippen molar-refractivity contribution in [2.45, 2.75) is 0 Å². The lowest BCUT2D eigenvalue weighted by Crippen LogP contribution is -2.09. The number of ether oxygens (including phenoxy) is 1. The summed E-state index contributed by atoms with van der Waals surface area (Å²) >= 11 is 11.8. The molecule has 6 nitrogen and oxygen atoms in total. The van der Waals surface area contributed by atoms with Gasteiger partial charge in [0, 0.05) is 17.1 Å². The van der Waals surface area contributed by atoms with Crippen LogP contribution in [0, 0.1) is 5.82 Å². The monoisotopic (exact) mass is 406 g/mol. The zero-order valence-electron chi connectivity index (χ0n) is 14.0. The Bertz CT molecular complexity index is 1060. The lowest BCUT2D eigenvalue weighted by atomic mass is 10.2. The molecule has 2 aromatic carbocycles. The maximum absolute atomic E-state index is 13.4. The SMILES string of the molecule is C=CC(=O)Nc1cc2c(Nc3ccc(F)c(Cl)c3)nc(Cl)nc2cc1OC. The molecule has 0 aliphatic heterocycles. The Hall–Kier alpha value is -2.90. The fraction of sp³-hybridized carbons (Fsp3) is 0.0556. The summed E-state index contributed by atoms with van der Waals surface area (Å²) in [6.07, 6.45) is 1.14. The predicted octanol–water partition coefficient (Wildman–Crippen LogP) is 4.95. The van der Waals surface area contributed by atoms with Gasteiger partial charge in [-0.25, -0.2) is 9.37 Å². The van der Waals surface area contributed by atoms with Crippen LogP contribution in [-0.2, 0) is 4.79 Å². The quantitative estimate of drug-likeness (QED) is 0.462. The number of halogens is 3. The molecule has 1 amide bonds. The van der Waals surface area contributed by atoms with E-state index in [4.69, 9.17) is 27.9 Å². The minimum absolute atomic E-state index is 0.00291. The van der Waals surface area contributed by atoms with Crippen molar-refractivity contribution in [2.75, 3.05) is 17.7 Å². The molecule has 0 bridgehead atoms. The highest BCUT2D eigenvalue weighted by atomic mass is 35.5. The Morgan fingerprint density at radius 2 is 2.04 bits per heavy atom. The summed E-state index contributed by atoms with van der Waals surface area (Å²) in [4.78, 5) is 20.0. The molecule has 0 saturated carbocycles. The first-order chi connectivity index (χ1) is 12.9. The molecule has 0 spiro atoms. The van der Waals surface area contributed by atoms with Crippen molar-refractivity contribution in [1.29, 1.82) is 0 Å². The molecule has 0 aliphatic rings. The molecule has 0 saturated heterocycles. The van der Waals surface area contributed by atoms with Gasteiger partial charge in [-0.15, -0.1) is 0 Å². The summed E-state index contributed by atoms with van der Waals surface area (Å²) in [7, 11) is 1.47. The highest BCUT2D eigenvalue weighted by Gasteiger charge is 2.14. The molecule has 0 unspecified atom stereocenters. The van der Waals surface area contributed by atoms with Gasteiger partial charge in [0.2, 0.25) is 11.2 Å². The van der Waals surface area contributed by atoms with Gasteiger partial charge < -0.3 is 15.4 Å². The summed E-state index contributed by atoms with van der Waals surface area (Å²) in [6.45, 7) is 3.42. The van der Waals surface area contributed by atoms with E-state index >= 15 is 0 Å². The zero-order chi connectivity index (χ0) is 19.6. The van der Waals surface area contributed by atoms with E-state index in [2.05, 4.69) is 27.2 Å². The van der Waals surface area contributed by atoms with Gasteiger partial charge in [0.1, 0.15) is 17.4 Å². The number of hydrogen-bond acceptors (Lipinski definition) is 5. The van der Waals surface area contributed by atoms with Crippen LogP contribution in [0.3, 0.4) is 0 Å². The molecule has 138 valence electrons. The first-order valence-electron chi connectivity index (χ1n) is 7.62. The fourth-order valence-electron chi connectivity index (χ4n) is 2.38. The summed E-state index contributed by atoms with van der Waals surface area (Å²) in [5.74, 6) is -0.193. The molecule has 1 aromatic heterocycles. The molecule has 9 heteroatoms. The van der Waals surface area contributed by atoms with Gasteiger partial charge in [-0.1, -0.05) is 18.2 Å². The standard InChI is InChI=1S/C18H13Cl2FN4O2/c1-3-16(26)23-14-7-10-13(8-15(14)27-2)24-18(20)25-17(10)22-9-4-5-12(21)11(19)6-9/h3-8H,1H2,2H3,(H,23,26)(H,22,24,25). The summed E-state index contributed by atoms with van der Waals surface area (Å²) in [5, 5.41) is 6.21. The molecule has 27 heavy (non-hydrogen) atoms. The molecule has 0 fully saturated rings. The number of rotatable bonds is 5. The normalized spacial score (nSPS) is 10.5. The number of aromatic nitrogens is 2. The van der Waals surface area contributed by atoms with Gasteiger partial charge in [0.05, 0.1) is 23.3 Å². The molecule has 1 heterocycles. The number of anilines is 3. The van der Waals surface area contributed by atoms with Crippen LogP contribution in [0.25, 0.3) is 10.9 Å². The van der Waals surface area contributed by atoms with Crippen molar-refractivity contribution in [3.8, 4) is 5.75 Å². The topological polar surface area (TPSA) is 76.1 Å². The number of methoxy groups -OCH3 is 1. The molecular formula is C18H13Cl2FN4O2. The third-order valence-electron chi connectivity index (χ3n) is 3.62. The van der Waals surface area contributed by atoms with Gasteiger partial charge in [0.25, 0.3) is 0 Å². The van der Waals surface area contributed by atoms with Crippen LogP contribution in [0.2, 0.25) is 10.3 Å². The van der Waals surface area contributed by atoms with Crippen molar-refractivity contribution in [3.63, 3.8) is 0 Å². The molecule has 2 N–H and O–H groups in total. The van der Waals surface area contributed by atoms with E-state index in [9.17, 15) is 9.18 Å². The van der Waals surface area contributed by atoms with Gasteiger partial charge in [-0.3, -0.25) is 4.79 Å². The van der Waals surface area contributed by atoms with E-state index in [-0.39, 0.29) is 10.3 Å². The molecular weight excluding hydrogens is 394 g/mol. The van der Waals surface area contributed by atoms with E-state index in [0.717, 1.165) is 6.08 Å². The number of carbonyl (C=O) groups is 1. The third kappa shape index (κ3) is 4.10. The van der Waals surface area contributed by atoms with Crippen LogP contribution in [0.4, 0.5) is 21.6 Å². The highest BCUT2D eigenvalue weighted by molar-refractivity contribution is 6.31. The first-order valence-corrected chi connectivity index (χ1v) is 8.37. The number of carbonyl (C=O) groups excluding carboxylic acids is 1. The van der Waals surface area contributed by atoms with Crippen molar-refractivity contribution in [3.05, 3.63) is 59.1 Å². The lowest BCUT2D eigenvalue weighted by molar-refractivity contribution is -0.111. The van der Waals surface area contributed by atoms with E-state index in [0.29, 0.717) is 33.8 Å². The minimum atomic E-state index is -0.535. The number of fused-ring (bicyclic) bond motifs is 1. The third-order valence-corrected chi connectivity index (χ3v) is 4.07. The Kier molecular flexibility index (Phi) is 5.43. The second-order valence-corrected chi connectivity index (χ2v) is 6.10. The summed E-state index contributed by atoms with van der Waals surface area (Å²) in [5.41, 5.74) is 1.39.